The summed E-state index contributed by atoms with van der Waals surface area (Å²) in [4.78, 5) is 0.477. The average Bonchev–Trinajstić information content (AvgIpc) is 2.45. The highest BCUT2D eigenvalue weighted by atomic mass is 79.9. The van der Waals surface area contributed by atoms with Crippen LogP contribution in [0.4, 0.5) is 0 Å². The summed E-state index contributed by atoms with van der Waals surface area (Å²) < 4.78 is 0. The van der Waals surface area contributed by atoms with Crippen LogP contribution in [0.1, 0.15) is 19.8 Å². The Labute approximate surface area is 69.4 Å². The van der Waals surface area contributed by atoms with Crippen LogP contribution in [0.15, 0.2) is 5.10 Å². The summed E-state index contributed by atoms with van der Waals surface area (Å²) >= 11 is 3.51. The first-order chi connectivity index (χ1) is 4.71. The van der Waals surface area contributed by atoms with Crippen LogP contribution in [0.5, 0.6) is 0 Å². The number of hydrogen-bond acceptors (Lipinski definition) is 2. The first kappa shape index (κ1) is 6.65. The molecule has 1 heterocycles. The van der Waals surface area contributed by atoms with Crippen LogP contribution >= 0.6 is 15.9 Å². The van der Waals surface area contributed by atoms with Gasteiger partial charge in [-0.2, -0.15) is 5.10 Å². The lowest BCUT2D eigenvalue weighted by Crippen LogP contribution is -2.29. The minimum absolute atomic E-state index is 0.416. The molecule has 0 radical (unpaired) electrons. The predicted octanol–water partition coefficient (Wildman–Crippen LogP) is 1.60. The molecule has 0 amide bonds. The van der Waals surface area contributed by atoms with Crippen molar-refractivity contribution in [3.63, 3.8) is 0 Å². The molecule has 0 N–H and O–H groups in total. The molecular weight excluding hydrogens is 192 g/mol. The molecule has 0 spiro atoms. The van der Waals surface area contributed by atoms with Crippen molar-refractivity contribution < 1.29 is 0 Å². The predicted molar refractivity (Wildman–Crippen MR) is 45.6 cm³/mol. The van der Waals surface area contributed by atoms with Crippen LogP contribution < -0.4 is 0 Å². The van der Waals surface area contributed by atoms with E-state index in [0.717, 1.165) is 6.54 Å². The quantitative estimate of drug-likeness (QED) is 0.591. The summed E-state index contributed by atoms with van der Waals surface area (Å²) in [6.07, 6.45) is 4.59. The van der Waals surface area contributed by atoms with Crippen molar-refractivity contribution in [2.75, 3.05) is 6.54 Å². The third-order valence-corrected chi connectivity index (χ3v) is 2.84. The summed E-state index contributed by atoms with van der Waals surface area (Å²) in [5.74, 6) is 0. The van der Waals surface area contributed by atoms with Gasteiger partial charge in [0.05, 0.1) is 16.9 Å². The van der Waals surface area contributed by atoms with Crippen molar-refractivity contribution in [2.24, 2.45) is 5.10 Å². The highest BCUT2D eigenvalue weighted by Crippen LogP contribution is 2.42. The van der Waals surface area contributed by atoms with Gasteiger partial charge in [-0.05, 0) is 19.8 Å². The number of rotatable bonds is 1. The van der Waals surface area contributed by atoms with E-state index in [4.69, 9.17) is 0 Å². The monoisotopic (exact) mass is 202 g/mol. The number of halogens is 1. The Morgan fingerprint density at radius 2 is 2.40 bits per heavy atom. The second kappa shape index (κ2) is 1.97. The third-order valence-electron chi connectivity index (χ3n) is 2.31. The molecule has 1 aliphatic heterocycles. The Morgan fingerprint density at radius 3 is 2.80 bits per heavy atom. The molecule has 0 saturated heterocycles. The maximum absolute atomic E-state index is 4.31. The first-order valence-corrected chi connectivity index (χ1v) is 4.58. The fraction of sp³-hybridized carbons (Fsp3) is 0.857. The van der Waals surface area contributed by atoms with Gasteiger partial charge in [0.1, 0.15) is 0 Å². The molecule has 2 nitrogen and oxygen atoms in total. The minimum atomic E-state index is 0.416. The van der Waals surface area contributed by atoms with Crippen LogP contribution in [0.25, 0.3) is 0 Å². The molecule has 10 heavy (non-hydrogen) atoms. The van der Waals surface area contributed by atoms with Crippen LogP contribution in [0.2, 0.25) is 0 Å². The highest BCUT2D eigenvalue weighted by molar-refractivity contribution is 9.10. The molecule has 1 saturated carbocycles. The van der Waals surface area contributed by atoms with Gasteiger partial charge in [-0.1, -0.05) is 15.9 Å². The van der Waals surface area contributed by atoms with E-state index >= 15 is 0 Å². The van der Waals surface area contributed by atoms with E-state index in [1.54, 1.807) is 0 Å². The van der Waals surface area contributed by atoms with Crippen molar-refractivity contribution in [3.8, 4) is 0 Å². The van der Waals surface area contributed by atoms with Crippen molar-refractivity contribution in [3.05, 3.63) is 0 Å². The highest BCUT2D eigenvalue weighted by Gasteiger charge is 2.44. The lowest BCUT2D eigenvalue weighted by molar-refractivity contribution is 0.224. The molecular formula is C7H11BrN2. The molecule has 56 valence electrons. The van der Waals surface area contributed by atoms with Gasteiger partial charge in [0.25, 0.3) is 0 Å². The first-order valence-electron chi connectivity index (χ1n) is 3.66. The van der Waals surface area contributed by atoms with Gasteiger partial charge in [-0.15, -0.1) is 0 Å². The number of hydrogen-bond donors (Lipinski definition) is 0. The number of alkyl halides is 1. The zero-order chi connectivity index (χ0) is 7.19. The number of nitrogens with zero attached hydrogens (tertiary/aromatic N) is 2. The summed E-state index contributed by atoms with van der Waals surface area (Å²) in [6, 6.07) is 0. The van der Waals surface area contributed by atoms with E-state index in [1.807, 2.05) is 6.21 Å². The molecule has 1 aliphatic carbocycles. The molecule has 0 aromatic rings. The van der Waals surface area contributed by atoms with E-state index < -0.39 is 0 Å². The summed E-state index contributed by atoms with van der Waals surface area (Å²) in [5.41, 5.74) is 0.416. The molecule has 1 unspecified atom stereocenters. The zero-order valence-corrected chi connectivity index (χ0v) is 7.63. The van der Waals surface area contributed by atoms with Gasteiger partial charge in [-0.25, -0.2) is 0 Å². The SMILES string of the molecule is CC1(N2CC(Br)C=N2)CC1. The number of hydrazone groups is 1. The van der Waals surface area contributed by atoms with E-state index in [2.05, 4.69) is 33.0 Å². The fourth-order valence-electron chi connectivity index (χ4n) is 1.21. The van der Waals surface area contributed by atoms with Crippen LogP contribution in [0, 0.1) is 0 Å². The molecule has 0 aromatic carbocycles. The third kappa shape index (κ3) is 0.965. The standard InChI is InChI=1S/C7H11BrN2/c1-7(2-3-7)10-5-6(8)4-9-10/h4,6H,2-3,5H2,1H3. The Hall–Kier alpha value is -0.0500. The zero-order valence-electron chi connectivity index (χ0n) is 6.05. The van der Waals surface area contributed by atoms with Gasteiger partial charge in [0.15, 0.2) is 0 Å². The smallest absolute Gasteiger partial charge is 0.0708 e. The van der Waals surface area contributed by atoms with Crippen LogP contribution in [-0.2, 0) is 0 Å². The molecule has 3 heteroatoms. The van der Waals surface area contributed by atoms with Gasteiger partial charge in [0, 0.05) is 6.21 Å². The molecule has 0 aromatic heterocycles. The largest absolute Gasteiger partial charge is 0.290 e. The van der Waals surface area contributed by atoms with Gasteiger partial charge in [0.2, 0.25) is 0 Å². The maximum atomic E-state index is 4.31. The molecule has 2 aliphatic rings. The normalized spacial score (nSPS) is 35.0. The van der Waals surface area contributed by atoms with Crippen molar-refractivity contribution in [1.82, 2.24) is 5.01 Å². The van der Waals surface area contributed by atoms with Crippen LogP contribution in [-0.4, -0.2) is 28.1 Å². The average molecular weight is 203 g/mol. The lowest BCUT2D eigenvalue weighted by atomic mass is 10.3. The summed E-state index contributed by atoms with van der Waals surface area (Å²) in [6.45, 7) is 3.33. The Morgan fingerprint density at radius 1 is 1.70 bits per heavy atom. The Balaban J connectivity index is 2.02. The Kier molecular flexibility index (Phi) is 1.31. The molecule has 0 bridgehead atoms. The van der Waals surface area contributed by atoms with Gasteiger partial charge in [-0.3, -0.25) is 5.01 Å². The van der Waals surface area contributed by atoms with Crippen molar-refractivity contribution in [1.29, 1.82) is 0 Å². The van der Waals surface area contributed by atoms with E-state index in [1.165, 1.54) is 12.8 Å². The fourth-order valence-corrected chi connectivity index (χ4v) is 1.59. The van der Waals surface area contributed by atoms with Crippen LogP contribution in [0.3, 0.4) is 0 Å². The van der Waals surface area contributed by atoms with E-state index in [-0.39, 0.29) is 0 Å². The Bertz CT molecular complexity index is 174. The molecule has 1 fully saturated rings. The second-order valence-electron chi connectivity index (χ2n) is 3.36. The second-order valence-corrected chi connectivity index (χ2v) is 4.54. The van der Waals surface area contributed by atoms with Gasteiger partial charge < -0.3 is 0 Å². The summed E-state index contributed by atoms with van der Waals surface area (Å²) in [5, 5.41) is 6.51. The van der Waals surface area contributed by atoms with E-state index in [9.17, 15) is 0 Å². The van der Waals surface area contributed by atoms with E-state index in [0.29, 0.717) is 10.4 Å². The topological polar surface area (TPSA) is 15.6 Å². The van der Waals surface area contributed by atoms with Crippen molar-refractivity contribution >= 4 is 22.1 Å². The van der Waals surface area contributed by atoms with Gasteiger partial charge >= 0.3 is 0 Å². The summed E-state index contributed by atoms with van der Waals surface area (Å²) in [7, 11) is 0. The minimum Gasteiger partial charge on any atom is -0.290 e. The van der Waals surface area contributed by atoms with Crippen molar-refractivity contribution in [2.45, 2.75) is 30.1 Å². The lowest BCUT2D eigenvalue weighted by Gasteiger charge is -2.21. The molecule has 1 atom stereocenters. The maximum Gasteiger partial charge on any atom is 0.0708 e. The molecule has 2 rings (SSSR count).